The average Bonchev–Trinajstić information content (AvgIpc) is 1.14. The predicted octanol–water partition coefficient (Wildman–Crippen LogP) is 27.8. The summed E-state index contributed by atoms with van der Waals surface area (Å²) in [5.74, 6) is 1.90. The van der Waals surface area contributed by atoms with Gasteiger partial charge in [-0.2, -0.15) is 0 Å². The van der Waals surface area contributed by atoms with E-state index >= 15 is 0 Å². The normalized spacial score (nSPS) is 12.6. The summed E-state index contributed by atoms with van der Waals surface area (Å²) in [5.41, 5.74) is 22.1. The van der Waals surface area contributed by atoms with Gasteiger partial charge in [0.2, 0.25) is 0 Å². The number of benzene rings is 18. The lowest BCUT2D eigenvalue weighted by Gasteiger charge is -2.26. The molecule has 0 radical (unpaired) electrons. The number of nitrogens with one attached hydrogen (secondary N) is 2. The zero-order valence-electron chi connectivity index (χ0n) is 58.8. The van der Waals surface area contributed by atoms with Crippen LogP contribution in [-0.2, 0) is 13.1 Å². The van der Waals surface area contributed by atoms with Crippen molar-refractivity contribution in [2.75, 3.05) is 9.80 Å². The Bertz CT molecular complexity index is 7160. The second kappa shape index (κ2) is 24.7. The highest BCUT2D eigenvalue weighted by molar-refractivity contribution is 6.19. The van der Waals surface area contributed by atoms with Gasteiger partial charge in [0.15, 0.2) is 0 Å². The van der Waals surface area contributed by atoms with Gasteiger partial charge in [0.05, 0.1) is 13.1 Å². The van der Waals surface area contributed by atoms with Gasteiger partial charge in [0.1, 0.15) is 22.7 Å². The Morgan fingerprint density at radius 1 is 0.213 bits per heavy atom. The molecule has 0 aliphatic carbocycles. The fourth-order valence-corrected chi connectivity index (χ4v) is 17.5. The lowest BCUT2D eigenvalue weighted by atomic mass is 9.89. The van der Waals surface area contributed by atoms with Crippen molar-refractivity contribution in [1.29, 1.82) is 0 Å². The van der Waals surface area contributed by atoms with Crippen molar-refractivity contribution in [3.05, 3.63) is 375 Å². The first-order chi connectivity index (χ1) is 53.5. The minimum Gasteiger partial charge on any atom is -0.459 e. The molecule has 0 saturated carbocycles. The van der Waals surface area contributed by atoms with Crippen molar-refractivity contribution in [1.82, 2.24) is 10.6 Å². The molecule has 0 atom stereocenters. The van der Waals surface area contributed by atoms with E-state index in [0.29, 0.717) is 13.1 Å². The maximum atomic E-state index is 6.56. The van der Waals surface area contributed by atoms with E-state index in [-0.39, 0.29) is 0 Å². The summed E-state index contributed by atoms with van der Waals surface area (Å²) < 4.78 is 13.0. The molecule has 0 bridgehead atoms. The number of hydrogen-bond acceptors (Lipinski definition) is 6. The lowest BCUT2D eigenvalue weighted by Crippen LogP contribution is -2.10. The largest absolute Gasteiger partial charge is 0.459 e. The van der Waals surface area contributed by atoms with Crippen LogP contribution < -0.4 is 20.4 Å². The van der Waals surface area contributed by atoms with Crippen molar-refractivity contribution in [3.8, 4) is 55.6 Å². The fraction of sp³-hybridized carbons (Fsp3) is 0.0196. The fourth-order valence-electron chi connectivity index (χ4n) is 17.5. The first kappa shape index (κ1) is 61.3. The summed E-state index contributed by atoms with van der Waals surface area (Å²) in [4.78, 5) is 4.73. The highest BCUT2D eigenvalue weighted by Crippen LogP contribution is 2.47. The van der Waals surface area contributed by atoms with Gasteiger partial charge in [-0.1, -0.05) is 218 Å². The van der Waals surface area contributed by atoms with E-state index in [9.17, 15) is 0 Å². The number of hydrogen-bond donors (Lipinski definition) is 2. The lowest BCUT2D eigenvalue weighted by molar-refractivity contribution is 0.532. The van der Waals surface area contributed by atoms with E-state index in [2.05, 4.69) is 372 Å². The molecular weight excluding hydrogens is 1310 g/mol. The maximum absolute atomic E-state index is 6.56. The average molecular weight is 1380 g/mol. The molecule has 506 valence electrons. The molecule has 0 fully saturated rings. The zero-order valence-corrected chi connectivity index (χ0v) is 58.8. The molecule has 4 heterocycles. The molecule has 18 aromatic carbocycles. The number of rotatable bonds is 11. The van der Waals surface area contributed by atoms with Crippen LogP contribution in [0.25, 0.3) is 176 Å². The van der Waals surface area contributed by atoms with Gasteiger partial charge in [-0.3, -0.25) is 0 Å². The Balaban J connectivity index is 0.601. The van der Waals surface area contributed by atoms with Crippen LogP contribution in [0.4, 0.5) is 34.1 Å². The van der Waals surface area contributed by atoms with E-state index in [4.69, 9.17) is 8.83 Å². The van der Waals surface area contributed by atoms with Crippen molar-refractivity contribution in [2.45, 2.75) is 13.1 Å². The molecular formula is C102H66N4O2. The maximum Gasteiger partial charge on any atom is 0.137 e. The number of fused-ring (bicyclic) bond motifs is 18. The third kappa shape index (κ3) is 10.1. The standard InChI is InChI=1S/C102H66N4O2/c1-4-16-79-69(13-1)55-92(84-21-9-7-19-82(79)84)63-27-36-73(37-28-63)105(77-45-48-99-98(59-77)91-50-52-104-62-102(91)107-99)74-38-33-66(34-39-74)95-57-71-15-3-6-18-81(71)97-54-68(35-46-88(95)97)67-25-26-72-58-94(86-23-11-12-24-87(86)96(72)53-67)65-31-42-76(43-32-65)106(78-44-47-89-90-49-51-103-61-101(90)108-100(89)60-78)75-40-29-64(30-41-75)93-56-70-14-2-5-17-80(70)83-20-8-10-22-85(83)93/h1-60,103-104H,61-62H2. The zero-order chi connectivity index (χ0) is 70.9. The summed E-state index contributed by atoms with van der Waals surface area (Å²) in [6.07, 6.45) is 8.26. The summed E-state index contributed by atoms with van der Waals surface area (Å²) >= 11 is 0. The minimum atomic E-state index is 0.661. The molecule has 108 heavy (non-hydrogen) atoms. The van der Waals surface area contributed by atoms with Crippen LogP contribution in [0.5, 0.6) is 0 Å². The topological polar surface area (TPSA) is 56.8 Å². The van der Waals surface area contributed by atoms with E-state index in [1.165, 1.54) is 131 Å². The van der Waals surface area contributed by atoms with Gasteiger partial charge >= 0.3 is 0 Å². The van der Waals surface area contributed by atoms with Crippen molar-refractivity contribution < 1.29 is 8.83 Å². The molecule has 2 aromatic heterocycles. The number of furan rings is 2. The molecule has 6 nitrogen and oxygen atoms in total. The highest BCUT2D eigenvalue weighted by atomic mass is 16.3. The summed E-state index contributed by atoms with van der Waals surface area (Å²) in [6, 6.07) is 126. The minimum absolute atomic E-state index is 0.661. The first-order valence-electron chi connectivity index (χ1n) is 37.2. The molecule has 22 rings (SSSR count). The Morgan fingerprint density at radius 3 is 1.01 bits per heavy atom. The van der Waals surface area contributed by atoms with Crippen LogP contribution in [-0.4, -0.2) is 0 Å². The van der Waals surface area contributed by atoms with E-state index in [1.807, 2.05) is 12.4 Å². The molecule has 2 N–H and O–H groups in total. The van der Waals surface area contributed by atoms with Crippen molar-refractivity contribution in [2.24, 2.45) is 0 Å². The van der Waals surface area contributed by atoms with Gasteiger partial charge < -0.3 is 29.3 Å². The molecule has 0 spiro atoms. The van der Waals surface area contributed by atoms with Crippen LogP contribution in [0, 0.1) is 0 Å². The molecule has 0 saturated heterocycles. The summed E-state index contributed by atoms with van der Waals surface area (Å²) in [7, 11) is 0. The third-order valence-electron chi connectivity index (χ3n) is 22.7. The van der Waals surface area contributed by atoms with Gasteiger partial charge in [-0.25, -0.2) is 0 Å². The molecule has 6 heteroatoms. The Kier molecular flexibility index (Phi) is 14.0. The third-order valence-corrected chi connectivity index (χ3v) is 22.7. The van der Waals surface area contributed by atoms with E-state index in [1.54, 1.807) is 0 Å². The van der Waals surface area contributed by atoms with Crippen LogP contribution in [0.1, 0.15) is 22.6 Å². The van der Waals surface area contributed by atoms with Crippen LogP contribution in [0.15, 0.2) is 361 Å². The quantitative estimate of drug-likeness (QED) is 0.126. The van der Waals surface area contributed by atoms with Crippen LogP contribution in [0.2, 0.25) is 0 Å². The van der Waals surface area contributed by atoms with Gasteiger partial charge in [0, 0.05) is 62.1 Å². The van der Waals surface area contributed by atoms with Crippen LogP contribution >= 0.6 is 0 Å². The Morgan fingerprint density at radius 2 is 0.537 bits per heavy atom. The second-order valence-electron chi connectivity index (χ2n) is 28.7. The Hall–Kier alpha value is -14.2. The smallest absolute Gasteiger partial charge is 0.137 e. The van der Waals surface area contributed by atoms with E-state index < -0.39 is 0 Å². The summed E-state index contributed by atoms with van der Waals surface area (Å²) in [6.45, 7) is 1.32. The van der Waals surface area contributed by atoms with E-state index in [0.717, 1.165) is 89.8 Å². The van der Waals surface area contributed by atoms with Crippen molar-refractivity contribution in [3.63, 3.8) is 0 Å². The molecule has 2 aliphatic rings. The SMILES string of the molecule is C1=Cc2c(oc3cc(N(c4ccc(-c5cc6ccccc6c6ccccc56)cc4)c4ccc(-c5cc6ccc(-c7ccc8c(-c9ccc(N(c%10ccc(-c%11cc%12ccccc%12c%12ccccc%11%12)cc%10)c%10ccc%11oc%12c(c%11c%10)C=CNC%12)cc9)cc9ccccc9c8c7)cc6c6ccccc56)cc4)ccc23)CN1. The first-order valence-corrected chi connectivity index (χ1v) is 37.2. The van der Waals surface area contributed by atoms with Crippen molar-refractivity contribution >= 4 is 154 Å². The van der Waals surface area contributed by atoms with Gasteiger partial charge in [-0.05, 0) is 282 Å². The molecule has 2 aliphatic heterocycles. The van der Waals surface area contributed by atoms with Gasteiger partial charge in [0.25, 0.3) is 0 Å². The Labute approximate surface area is 623 Å². The predicted molar refractivity (Wildman–Crippen MR) is 454 cm³/mol. The van der Waals surface area contributed by atoms with Gasteiger partial charge in [-0.15, -0.1) is 0 Å². The molecule has 0 unspecified atom stereocenters. The monoisotopic (exact) mass is 1380 g/mol. The number of nitrogens with zero attached hydrogens (tertiary/aromatic N) is 2. The highest BCUT2D eigenvalue weighted by Gasteiger charge is 2.24. The second-order valence-corrected chi connectivity index (χ2v) is 28.7. The molecule has 0 amide bonds. The van der Waals surface area contributed by atoms with Crippen LogP contribution in [0.3, 0.4) is 0 Å². The number of anilines is 6. The summed E-state index contributed by atoms with van der Waals surface area (Å²) in [5, 5.41) is 28.5. The molecule has 20 aromatic rings.